The summed E-state index contributed by atoms with van der Waals surface area (Å²) < 4.78 is 0. The van der Waals surface area contributed by atoms with E-state index in [1.807, 2.05) is 24.3 Å². The van der Waals surface area contributed by atoms with E-state index in [4.69, 9.17) is 11.6 Å². The summed E-state index contributed by atoms with van der Waals surface area (Å²) in [7, 11) is 0. The second-order valence-corrected chi connectivity index (χ2v) is 2.95. The van der Waals surface area contributed by atoms with Gasteiger partial charge in [-0.15, -0.1) is 0 Å². The lowest BCUT2D eigenvalue weighted by molar-refractivity contribution is 1.19. The van der Waals surface area contributed by atoms with E-state index in [1.54, 1.807) is 6.08 Å². The highest BCUT2D eigenvalue weighted by Gasteiger charge is 2.01. The molecule has 0 fully saturated rings. The topological polar surface area (TPSA) is 25.8 Å². The van der Waals surface area contributed by atoms with Gasteiger partial charge in [-0.2, -0.15) is 0 Å². The predicted octanol–water partition coefficient (Wildman–Crippen LogP) is 2.93. The number of hydrogen-bond donors (Lipinski definition) is 0. The molecule has 0 aliphatic heterocycles. The molecule has 13 heavy (non-hydrogen) atoms. The van der Waals surface area contributed by atoms with Crippen LogP contribution in [0.5, 0.6) is 0 Å². The maximum atomic E-state index is 5.94. The van der Waals surface area contributed by atoms with E-state index in [-0.39, 0.29) is 0 Å². The lowest BCUT2D eigenvalue weighted by Gasteiger charge is -1.99. The van der Waals surface area contributed by atoms with Crippen molar-refractivity contribution in [2.24, 2.45) is 0 Å². The van der Waals surface area contributed by atoms with Crippen molar-refractivity contribution in [1.29, 1.82) is 0 Å². The van der Waals surface area contributed by atoms with E-state index in [1.165, 1.54) is 0 Å². The molecule has 2 aromatic rings. The molecule has 0 atom stereocenters. The molecule has 1 aromatic carbocycles. The summed E-state index contributed by atoms with van der Waals surface area (Å²) in [6.07, 6.45) is 1.58. The van der Waals surface area contributed by atoms with Crippen LogP contribution in [0.1, 0.15) is 5.82 Å². The van der Waals surface area contributed by atoms with Gasteiger partial charge in [0, 0.05) is 5.39 Å². The predicted molar refractivity (Wildman–Crippen MR) is 54.6 cm³/mol. The summed E-state index contributed by atoms with van der Waals surface area (Å²) in [6, 6.07) is 7.62. The molecule has 0 aliphatic rings. The smallest absolute Gasteiger partial charge is 0.153 e. The minimum atomic E-state index is 0.473. The molecule has 0 spiro atoms. The largest absolute Gasteiger partial charge is 0.229 e. The van der Waals surface area contributed by atoms with Crippen molar-refractivity contribution in [2.45, 2.75) is 0 Å². The molecule has 0 saturated heterocycles. The van der Waals surface area contributed by atoms with Gasteiger partial charge in [-0.1, -0.05) is 30.3 Å². The van der Waals surface area contributed by atoms with Crippen molar-refractivity contribution in [3.8, 4) is 0 Å². The summed E-state index contributed by atoms with van der Waals surface area (Å²) in [6.45, 7) is 3.60. The van der Waals surface area contributed by atoms with Gasteiger partial charge in [0.1, 0.15) is 5.15 Å². The third-order valence-electron chi connectivity index (χ3n) is 1.76. The highest BCUT2D eigenvalue weighted by Crippen LogP contribution is 2.19. The van der Waals surface area contributed by atoms with Crippen LogP contribution in [0.4, 0.5) is 0 Å². The Hall–Kier alpha value is -1.41. The fraction of sp³-hybridized carbons (Fsp3) is 0. The molecule has 1 aromatic heterocycles. The Morgan fingerprint density at radius 1 is 1.23 bits per heavy atom. The van der Waals surface area contributed by atoms with Gasteiger partial charge < -0.3 is 0 Å². The van der Waals surface area contributed by atoms with Crippen molar-refractivity contribution in [3.63, 3.8) is 0 Å². The van der Waals surface area contributed by atoms with Crippen LogP contribution in [0, 0.1) is 0 Å². The lowest BCUT2D eigenvalue weighted by Crippen LogP contribution is -1.89. The molecule has 64 valence electrons. The summed E-state index contributed by atoms with van der Waals surface area (Å²) >= 11 is 5.94. The molecule has 2 rings (SSSR count). The average Bonchev–Trinajstić information content (AvgIpc) is 2.18. The molecule has 0 unspecified atom stereocenters. The molecular weight excluding hydrogens is 184 g/mol. The van der Waals surface area contributed by atoms with Gasteiger partial charge in [-0.05, 0) is 18.2 Å². The van der Waals surface area contributed by atoms with Crippen LogP contribution in [0.15, 0.2) is 30.8 Å². The first kappa shape index (κ1) is 8.20. The van der Waals surface area contributed by atoms with Crippen molar-refractivity contribution in [2.75, 3.05) is 0 Å². The Balaban J connectivity index is 2.84. The number of nitrogens with zero attached hydrogens (tertiary/aromatic N) is 2. The molecule has 0 amide bonds. The Morgan fingerprint density at radius 2 is 2.00 bits per heavy atom. The summed E-state index contributed by atoms with van der Waals surface area (Å²) in [4.78, 5) is 8.30. The molecule has 2 nitrogen and oxygen atoms in total. The molecule has 0 saturated carbocycles. The highest BCUT2D eigenvalue weighted by atomic mass is 35.5. The van der Waals surface area contributed by atoms with E-state index in [9.17, 15) is 0 Å². The SMILES string of the molecule is C=Cc1nc(Cl)c2ccccc2n1. The Morgan fingerprint density at radius 3 is 2.77 bits per heavy atom. The quantitative estimate of drug-likeness (QED) is 0.647. The van der Waals surface area contributed by atoms with Gasteiger partial charge in [0.25, 0.3) is 0 Å². The van der Waals surface area contributed by atoms with Crippen LogP contribution in [0.2, 0.25) is 5.15 Å². The minimum Gasteiger partial charge on any atom is -0.229 e. The van der Waals surface area contributed by atoms with Crippen molar-refractivity contribution < 1.29 is 0 Å². The monoisotopic (exact) mass is 190 g/mol. The summed E-state index contributed by atoms with van der Waals surface area (Å²) in [5, 5.41) is 1.34. The van der Waals surface area contributed by atoms with Gasteiger partial charge in [0.05, 0.1) is 5.52 Å². The molecule has 0 radical (unpaired) electrons. The molecule has 3 heteroatoms. The van der Waals surface area contributed by atoms with Crippen molar-refractivity contribution >= 4 is 28.6 Å². The van der Waals surface area contributed by atoms with E-state index < -0.39 is 0 Å². The molecule has 1 heterocycles. The first-order chi connectivity index (χ1) is 6.31. The number of fused-ring (bicyclic) bond motifs is 1. The van der Waals surface area contributed by atoms with Gasteiger partial charge in [-0.3, -0.25) is 0 Å². The van der Waals surface area contributed by atoms with Gasteiger partial charge in [-0.25, -0.2) is 9.97 Å². The highest BCUT2D eigenvalue weighted by molar-refractivity contribution is 6.34. The van der Waals surface area contributed by atoms with Crippen LogP contribution in [-0.4, -0.2) is 9.97 Å². The van der Waals surface area contributed by atoms with Crippen LogP contribution < -0.4 is 0 Å². The number of aromatic nitrogens is 2. The van der Waals surface area contributed by atoms with Crippen LogP contribution in [0.3, 0.4) is 0 Å². The second kappa shape index (κ2) is 3.15. The molecule has 0 aliphatic carbocycles. The van der Waals surface area contributed by atoms with Crippen molar-refractivity contribution in [3.05, 3.63) is 41.8 Å². The normalized spacial score (nSPS) is 10.2. The van der Waals surface area contributed by atoms with Crippen LogP contribution in [0.25, 0.3) is 17.0 Å². The van der Waals surface area contributed by atoms with Crippen LogP contribution >= 0.6 is 11.6 Å². The standard InChI is InChI=1S/C10H7ClN2/c1-2-9-12-8-6-4-3-5-7(8)10(11)13-9/h2-6H,1H2. The first-order valence-electron chi connectivity index (χ1n) is 3.86. The van der Waals surface area contributed by atoms with Gasteiger partial charge in [0.15, 0.2) is 5.82 Å². The van der Waals surface area contributed by atoms with E-state index >= 15 is 0 Å². The number of hydrogen-bond acceptors (Lipinski definition) is 2. The zero-order valence-electron chi connectivity index (χ0n) is 6.87. The Bertz CT molecular complexity index is 465. The Labute approximate surface area is 80.9 Å². The zero-order valence-corrected chi connectivity index (χ0v) is 7.62. The summed E-state index contributed by atoms with van der Waals surface area (Å²) in [5.41, 5.74) is 0.845. The fourth-order valence-electron chi connectivity index (χ4n) is 1.15. The van der Waals surface area contributed by atoms with Gasteiger partial charge in [0.2, 0.25) is 0 Å². The average molecular weight is 191 g/mol. The molecule has 0 N–H and O–H groups in total. The third-order valence-corrected chi connectivity index (χ3v) is 2.04. The maximum absolute atomic E-state index is 5.94. The van der Waals surface area contributed by atoms with E-state index in [2.05, 4.69) is 16.5 Å². The number of halogens is 1. The third kappa shape index (κ3) is 1.40. The minimum absolute atomic E-state index is 0.473. The fourth-order valence-corrected chi connectivity index (χ4v) is 1.39. The molecule has 0 bridgehead atoms. The van der Waals surface area contributed by atoms with E-state index in [0.717, 1.165) is 10.9 Å². The summed E-state index contributed by atoms with van der Waals surface area (Å²) in [5.74, 6) is 0.559. The van der Waals surface area contributed by atoms with Crippen LogP contribution in [-0.2, 0) is 0 Å². The number of rotatable bonds is 1. The number of benzene rings is 1. The zero-order chi connectivity index (χ0) is 9.26. The Kier molecular flexibility index (Phi) is 1.99. The van der Waals surface area contributed by atoms with Crippen molar-refractivity contribution in [1.82, 2.24) is 9.97 Å². The van der Waals surface area contributed by atoms with E-state index in [0.29, 0.717) is 11.0 Å². The maximum Gasteiger partial charge on any atom is 0.153 e. The van der Waals surface area contributed by atoms with Gasteiger partial charge >= 0.3 is 0 Å². The second-order valence-electron chi connectivity index (χ2n) is 2.59. The molecular formula is C10H7ClN2. The lowest BCUT2D eigenvalue weighted by atomic mass is 10.2. The number of para-hydroxylation sites is 1. The first-order valence-corrected chi connectivity index (χ1v) is 4.24.